The van der Waals surface area contributed by atoms with Gasteiger partial charge < -0.3 is 16.0 Å². The summed E-state index contributed by atoms with van der Waals surface area (Å²) in [5, 5.41) is 8.10. The number of nitrogens with one attached hydrogen (secondary N) is 3. The van der Waals surface area contributed by atoms with Gasteiger partial charge in [0.25, 0.3) is 5.91 Å². The highest BCUT2D eigenvalue weighted by Crippen LogP contribution is 2.34. The Hall–Kier alpha value is -3.22. The molecule has 140 valence electrons. The third-order valence-corrected chi connectivity index (χ3v) is 4.47. The number of amides is 3. The van der Waals surface area contributed by atoms with Crippen molar-refractivity contribution in [2.75, 3.05) is 17.2 Å². The van der Waals surface area contributed by atoms with Crippen molar-refractivity contribution in [2.24, 2.45) is 0 Å². The Morgan fingerprint density at radius 3 is 2.74 bits per heavy atom. The van der Waals surface area contributed by atoms with Crippen molar-refractivity contribution in [2.45, 2.75) is 26.2 Å². The molecule has 1 aliphatic rings. The van der Waals surface area contributed by atoms with Gasteiger partial charge in [-0.3, -0.25) is 14.4 Å². The standard InChI is InChI=1S/C20H20FN3O3/c1-3-22-19(26)12-5-4-11(2)16(8-12)24-20(27)15-10-18(25)23-17-9-13(21)6-7-14(15)17/h4-9,15H,3,10H2,1-2H3,(H,22,26)(H,23,25)(H,24,27). The maximum absolute atomic E-state index is 13.4. The van der Waals surface area contributed by atoms with E-state index in [0.29, 0.717) is 29.0 Å². The van der Waals surface area contributed by atoms with Crippen LogP contribution in [0.3, 0.4) is 0 Å². The average Bonchev–Trinajstić information content (AvgIpc) is 2.62. The maximum atomic E-state index is 13.4. The summed E-state index contributed by atoms with van der Waals surface area (Å²) in [6.45, 7) is 4.14. The SMILES string of the molecule is CCNC(=O)c1ccc(C)c(NC(=O)C2CC(=O)Nc3cc(F)ccc32)c1. The number of carbonyl (C=O) groups is 3. The molecular formula is C20H20FN3O3. The van der Waals surface area contributed by atoms with Gasteiger partial charge in [0.2, 0.25) is 11.8 Å². The first-order valence-electron chi connectivity index (χ1n) is 8.68. The van der Waals surface area contributed by atoms with Crippen LogP contribution in [0.5, 0.6) is 0 Å². The van der Waals surface area contributed by atoms with E-state index in [1.807, 2.05) is 13.8 Å². The molecule has 3 amide bonds. The van der Waals surface area contributed by atoms with Gasteiger partial charge in [0.05, 0.1) is 5.92 Å². The number of anilines is 2. The lowest BCUT2D eigenvalue weighted by Gasteiger charge is -2.25. The molecule has 7 heteroatoms. The lowest BCUT2D eigenvalue weighted by atomic mass is 9.89. The van der Waals surface area contributed by atoms with E-state index in [4.69, 9.17) is 0 Å². The molecule has 0 bridgehead atoms. The van der Waals surface area contributed by atoms with Crippen LogP contribution in [0.2, 0.25) is 0 Å². The van der Waals surface area contributed by atoms with Crippen molar-refractivity contribution in [3.05, 3.63) is 58.9 Å². The van der Waals surface area contributed by atoms with Crippen molar-refractivity contribution in [3.63, 3.8) is 0 Å². The summed E-state index contributed by atoms with van der Waals surface area (Å²) < 4.78 is 13.4. The van der Waals surface area contributed by atoms with Crippen LogP contribution in [0.1, 0.15) is 40.7 Å². The normalized spacial score (nSPS) is 15.5. The second-order valence-corrected chi connectivity index (χ2v) is 6.41. The van der Waals surface area contributed by atoms with E-state index >= 15 is 0 Å². The Morgan fingerprint density at radius 2 is 2.00 bits per heavy atom. The lowest BCUT2D eigenvalue weighted by Crippen LogP contribution is -2.31. The summed E-state index contributed by atoms with van der Waals surface area (Å²) in [6, 6.07) is 9.00. The van der Waals surface area contributed by atoms with Crippen LogP contribution in [0, 0.1) is 12.7 Å². The molecule has 0 aliphatic carbocycles. The van der Waals surface area contributed by atoms with E-state index in [9.17, 15) is 18.8 Å². The minimum Gasteiger partial charge on any atom is -0.352 e. The molecule has 0 aromatic heterocycles. The van der Waals surface area contributed by atoms with Crippen LogP contribution in [0.4, 0.5) is 15.8 Å². The van der Waals surface area contributed by atoms with Gasteiger partial charge >= 0.3 is 0 Å². The number of rotatable bonds is 4. The molecule has 0 saturated carbocycles. The molecule has 1 atom stereocenters. The molecule has 1 unspecified atom stereocenters. The molecule has 0 radical (unpaired) electrons. The van der Waals surface area contributed by atoms with Gasteiger partial charge in [-0.05, 0) is 49.2 Å². The van der Waals surface area contributed by atoms with Gasteiger partial charge in [-0.15, -0.1) is 0 Å². The van der Waals surface area contributed by atoms with Gasteiger partial charge in [-0.25, -0.2) is 4.39 Å². The molecule has 3 rings (SSSR count). The molecule has 2 aromatic carbocycles. The zero-order valence-corrected chi connectivity index (χ0v) is 15.1. The maximum Gasteiger partial charge on any atom is 0.251 e. The lowest BCUT2D eigenvalue weighted by molar-refractivity contribution is -0.123. The van der Waals surface area contributed by atoms with Gasteiger partial charge in [0, 0.05) is 29.9 Å². The number of carbonyl (C=O) groups excluding carboxylic acids is 3. The first-order chi connectivity index (χ1) is 12.9. The van der Waals surface area contributed by atoms with Crippen molar-refractivity contribution >= 4 is 29.1 Å². The Kier molecular flexibility index (Phi) is 5.21. The largest absolute Gasteiger partial charge is 0.352 e. The van der Waals surface area contributed by atoms with Crippen molar-refractivity contribution in [1.82, 2.24) is 5.32 Å². The van der Waals surface area contributed by atoms with Crippen LogP contribution >= 0.6 is 0 Å². The van der Waals surface area contributed by atoms with Gasteiger partial charge in [-0.2, -0.15) is 0 Å². The quantitative estimate of drug-likeness (QED) is 0.774. The van der Waals surface area contributed by atoms with E-state index < -0.39 is 11.7 Å². The number of hydrogen-bond acceptors (Lipinski definition) is 3. The van der Waals surface area contributed by atoms with Crippen molar-refractivity contribution in [3.8, 4) is 0 Å². The van der Waals surface area contributed by atoms with Crippen LogP contribution < -0.4 is 16.0 Å². The molecule has 0 spiro atoms. The number of halogens is 1. The molecule has 2 aromatic rings. The number of hydrogen-bond donors (Lipinski definition) is 3. The summed E-state index contributed by atoms with van der Waals surface area (Å²) >= 11 is 0. The third kappa shape index (κ3) is 3.97. The Bertz CT molecular complexity index is 927. The zero-order chi connectivity index (χ0) is 19.6. The molecule has 1 aliphatic heterocycles. The number of fused-ring (bicyclic) bond motifs is 1. The summed E-state index contributed by atoms with van der Waals surface area (Å²) in [5.41, 5.74) is 2.58. The topological polar surface area (TPSA) is 87.3 Å². The Balaban J connectivity index is 1.87. The van der Waals surface area contributed by atoms with Crippen LogP contribution in [0.15, 0.2) is 36.4 Å². The molecular weight excluding hydrogens is 349 g/mol. The van der Waals surface area contributed by atoms with Gasteiger partial charge in [-0.1, -0.05) is 12.1 Å². The minimum absolute atomic E-state index is 0.0282. The van der Waals surface area contributed by atoms with Gasteiger partial charge in [0.15, 0.2) is 0 Å². The molecule has 27 heavy (non-hydrogen) atoms. The first kappa shape index (κ1) is 18.6. The third-order valence-electron chi connectivity index (χ3n) is 4.47. The summed E-state index contributed by atoms with van der Waals surface area (Å²) in [4.78, 5) is 36.8. The highest BCUT2D eigenvalue weighted by molar-refractivity contribution is 6.06. The summed E-state index contributed by atoms with van der Waals surface area (Å²) in [5.74, 6) is -2.18. The smallest absolute Gasteiger partial charge is 0.251 e. The van der Waals surface area contributed by atoms with Crippen molar-refractivity contribution < 1.29 is 18.8 Å². The fourth-order valence-corrected chi connectivity index (χ4v) is 3.05. The molecule has 6 nitrogen and oxygen atoms in total. The Labute approximate surface area is 156 Å². The molecule has 3 N–H and O–H groups in total. The highest BCUT2D eigenvalue weighted by atomic mass is 19.1. The first-order valence-corrected chi connectivity index (χ1v) is 8.68. The zero-order valence-electron chi connectivity index (χ0n) is 15.1. The van der Waals surface area contributed by atoms with E-state index in [2.05, 4.69) is 16.0 Å². The number of aryl methyl sites for hydroxylation is 1. The van der Waals surface area contributed by atoms with E-state index in [-0.39, 0.29) is 24.1 Å². The Morgan fingerprint density at radius 1 is 1.22 bits per heavy atom. The summed E-state index contributed by atoms with van der Waals surface area (Å²) in [6.07, 6.45) is -0.0282. The average molecular weight is 369 g/mol. The van der Waals surface area contributed by atoms with Crippen LogP contribution in [0.25, 0.3) is 0 Å². The molecule has 0 saturated heterocycles. The minimum atomic E-state index is -0.734. The van der Waals surface area contributed by atoms with Crippen LogP contribution in [-0.4, -0.2) is 24.3 Å². The second-order valence-electron chi connectivity index (χ2n) is 6.41. The summed E-state index contributed by atoms with van der Waals surface area (Å²) in [7, 11) is 0. The van der Waals surface area contributed by atoms with Crippen LogP contribution in [-0.2, 0) is 9.59 Å². The number of benzene rings is 2. The predicted octanol–water partition coefficient (Wildman–Crippen LogP) is 2.95. The fraction of sp³-hybridized carbons (Fsp3) is 0.250. The van der Waals surface area contributed by atoms with E-state index in [0.717, 1.165) is 5.56 Å². The fourth-order valence-electron chi connectivity index (χ4n) is 3.05. The van der Waals surface area contributed by atoms with E-state index in [1.54, 1.807) is 18.2 Å². The molecule has 0 fully saturated rings. The molecule has 1 heterocycles. The highest BCUT2D eigenvalue weighted by Gasteiger charge is 2.31. The van der Waals surface area contributed by atoms with Gasteiger partial charge in [0.1, 0.15) is 5.82 Å². The monoisotopic (exact) mass is 369 g/mol. The predicted molar refractivity (Wildman–Crippen MR) is 100 cm³/mol. The van der Waals surface area contributed by atoms with Crippen molar-refractivity contribution in [1.29, 1.82) is 0 Å². The van der Waals surface area contributed by atoms with E-state index in [1.165, 1.54) is 18.2 Å². The second kappa shape index (κ2) is 7.57.